The van der Waals surface area contributed by atoms with Gasteiger partial charge in [0.1, 0.15) is 0 Å². The SMILES string of the molecule is O=c1c(-c2ccn[nH]2)cnc2sccn12. The average Bonchev–Trinajstić information content (AvgIpc) is 2.87. The van der Waals surface area contributed by atoms with E-state index in [1.165, 1.54) is 15.7 Å². The van der Waals surface area contributed by atoms with Crippen molar-refractivity contribution in [3.05, 3.63) is 40.4 Å². The number of thiazole rings is 1. The van der Waals surface area contributed by atoms with Crippen LogP contribution in [0.1, 0.15) is 0 Å². The van der Waals surface area contributed by atoms with E-state index in [1.807, 2.05) is 5.38 Å². The van der Waals surface area contributed by atoms with E-state index in [4.69, 9.17) is 0 Å². The van der Waals surface area contributed by atoms with E-state index >= 15 is 0 Å². The molecule has 0 spiro atoms. The molecule has 0 saturated carbocycles. The Bertz CT molecular complexity index is 652. The van der Waals surface area contributed by atoms with Gasteiger partial charge in [-0.25, -0.2) is 4.98 Å². The molecule has 0 aliphatic heterocycles. The molecule has 3 aromatic rings. The minimum Gasteiger partial charge on any atom is -0.278 e. The molecule has 0 saturated heterocycles. The molecular formula is C9H6N4OS. The lowest BCUT2D eigenvalue weighted by molar-refractivity contribution is 1.05. The number of nitrogens with one attached hydrogen (secondary N) is 1. The third-order valence-electron chi connectivity index (χ3n) is 2.13. The van der Waals surface area contributed by atoms with Crippen LogP contribution in [0.15, 0.2) is 34.8 Å². The minimum absolute atomic E-state index is 0.0782. The van der Waals surface area contributed by atoms with Crippen molar-refractivity contribution in [1.82, 2.24) is 19.6 Å². The lowest BCUT2D eigenvalue weighted by atomic mass is 10.2. The fourth-order valence-corrected chi connectivity index (χ4v) is 2.09. The zero-order valence-corrected chi connectivity index (χ0v) is 8.36. The van der Waals surface area contributed by atoms with Crippen LogP contribution in [0.4, 0.5) is 0 Å². The van der Waals surface area contributed by atoms with E-state index in [9.17, 15) is 4.79 Å². The summed E-state index contributed by atoms with van der Waals surface area (Å²) in [5, 5.41) is 8.39. The normalized spacial score (nSPS) is 10.9. The molecule has 0 aliphatic rings. The molecule has 0 unspecified atom stereocenters. The van der Waals surface area contributed by atoms with Crippen molar-refractivity contribution in [3.8, 4) is 11.3 Å². The Balaban J connectivity index is 2.38. The number of aromatic amines is 1. The van der Waals surface area contributed by atoms with Crippen LogP contribution in [0.25, 0.3) is 16.2 Å². The van der Waals surface area contributed by atoms with Gasteiger partial charge in [-0.05, 0) is 6.07 Å². The van der Waals surface area contributed by atoms with Crippen molar-refractivity contribution in [2.45, 2.75) is 0 Å². The van der Waals surface area contributed by atoms with E-state index < -0.39 is 0 Å². The van der Waals surface area contributed by atoms with E-state index in [-0.39, 0.29) is 5.56 Å². The van der Waals surface area contributed by atoms with Gasteiger partial charge in [-0.15, -0.1) is 11.3 Å². The van der Waals surface area contributed by atoms with Gasteiger partial charge in [0.2, 0.25) is 0 Å². The van der Waals surface area contributed by atoms with Crippen LogP contribution in [-0.2, 0) is 0 Å². The number of hydrogen-bond acceptors (Lipinski definition) is 4. The van der Waals surface area contributed by atoms with Crippen LogP contribution in [0.5, 0.6) is 0 Å². The number of nitrogens with zero attached hydrogens (tertiary/aromatic N) is 3. The van der Waals surface area contributed by atoms with Gasteiger partial charge in [0, 0.05) is 24.0 Å². The highest BCUT2D eigenvalue weighted by Crippen LogP contribution is 2.12. The number of hydrogen-bond donors (Lipinski definition) is 1. The summed E-state index contributed by atoms with van der Waals surface area (Å²) in [7, 11) is 0. The van der Waals surface area contributed by atoms with Crippen molar-refractivity contribution in [3.63, 3.8) is 0 Å². The van der Waals surface area contributed by atoms with E-state index in [0.717, 1.165) is 0 Å². The highest BCUT2D eigenvalue weighted by molar-refractivity contribution is 7.15. The molecule has 0 aromatic carbocycles. The smallest absolute Gasteiger partial charge is 0.267 e. The van der Waals surface area contributed by atoms with Crippen LogP contribution in [0, 0.1) is 0 Å². The fraction of sp³-hybridized carbons (Fsp3) is 0. The summed E-state index contributed by atoms with van der Waals surface area (Å²) < 4.78 is 1.53. The van der Waals surface area contributed by atoms with E-state index in [2.05, 4.69) is 15.2 Å². The lowest BCUT2D eigenvalue weighted by Gasteiger charge is -1.96. The second kappa shape index (κ2) is 3.03. The number of H-pyrrole nitrogens is 1. The predicted octanol–water partition coefficient (Wildman–Crippen LogP) is 1.15. The fourth-order valence-electron chi connectivity index (χ4n) is 1.42. The molecule has 3 rings (SSSR count). The molecule has 0 atom stereocenters. The molecule has 74 valence electrons. The Hall–Kier alpha value is -1.95. The summed E-state index contributed by atoms with van der Waals surface area (Å²) in [5.74, 6) is 0. The number of aromatic nitrogens is 4. The first-order chi connectivity index (χ1) is 7.36. The largest absolute Gasteiger partial charge is 0.278 e. The first-order valence-corrected chi connectivity index (χ1v) is 5.19. The van der Waals surface area contributed by atoms with Crippen molar-refractivity contribution in [2.75, 3.05) is 0 Å². The summed E-state index contributed by atoms with van der Waals surface area (Å²) in [6.07, 6.45) is 4.90. The molecule has 0 bridgehead atoms. The second-order valence-electron chi connectivity index (χ2n) is 3.00. The maximum atomic E-state index is 12.0. The molecule has 5 nitrogen and oxygen atoms in total. The predicted molar refractivity (Wildman–Crippen MR) is 56.9 cm³/mol. The summed E-state index contributed by atoms with van der Waals surface area (Å²) in [6.45, 7) is 0. The van der Waals surface area contributed by atoms with Crippen LogP contribution >= 0.6 is 11.3 Å². The van der Waals surface area contributed by atoms with Crippen molar-refractivity contribution in [1.29, 1.82) is 0 Å². The maximum absolute atomic E-state index is 12.0. The minimum atomic E-state index is -0.0782. The summed E-state index contributed by atoms with van der Waals surface area (Å²) >= 11 is 1.43. The Morgan fingerprint density at radius 3 is 3.20 bits per heavy atom. The van der Waals surface area contributed by atoms with E-state index in [0.29, 0.717) is 16.2 Å². The summed E-state index contributed by atoms with van der Waals surface area (Å²) in [4.78, 5) is 16.9. The molecule has 0 radical (unpaired) electrons. The maximum Gasteiger partial charge on any atom is 0.267 e. The zero-order chi connectivity index (χ0) is 10.3. The van der Waals surface area contributed by atoms with Gasteiger partial charge in [0.15, 0.2) is 4.96 Å². The van der Waals surface area contributed by atoms with Gasteiger partial charge in [0.05, 0.1) is 11.3 Å². The summed E-state index contributed by atoms with van der Waals surface area (Å²) in [5.41, 5.74) is 1.14. The van der Waals surface area contributed by atoms with Crippen LogP contribution in [-0.4, -0.2) is 19.6 Å². The van der Waals surface area contributed by atoms with E-state index in [1.54, 1.807) is 24.7 Å². The molecule has 3 aromatic heterocycles. The Morgan fingerprint density at radius 1 is 1.47 bits per heavy atom. The highest BCUT2D eigenvalue weighted by Gasteiger charge is 2.08. The van der Waals surface area contributed by atoms with Gasteiger partial charge in [-0.2, -0.15) is 5.10 Å². The summed E-state index contributed by atoms with van der Waals surface area (Å²) in [6, 6.07) is 1.75. The Morgan fingerprint density at radius 2 is 2.40 bits per heavy atom. The third-order valence-corrected chi connectivity index (χ3v) is 2.90. The van der Waals surface area contributed by atoms with Crippen LogP contribution in [0.3, 0.4) is 0 Å². The van der Waals surface area contributed by atoms with Gasteiger partial charge >= 0.3 is 0 Å². The van der Waals surface area contributed by atoms with Crippen LogP contribution in [0.2, 0.25) is 0 Å². The first-order valence-electron chi connectivity index (χ1n) is 4.31. The quantitative estimate of drug-likeness (QED) is 0.666. The van der Waals surface area contributed by atoms with Crippen molar-refractivity contribution < 1.29 is 0 Å². The van der Waals surface area contributed by atoms with Crippen molar-refractivity contribution in [2.24, 2.45) is 0 Å². The molecule has 0 fully saturated rings. The molecule has 1 N–H and O–H groups in total. The molecule has 0 amide bonds. The standard InChI is InChI=1S/C9H6N4OS/c14-8-6(7-1-2-11-12-7)5-10-9-13(8)3-4-15-9/h1-5H,(H,11,12). The average molecular weight is 218 g/mol. The Kier molecular flexibility index (Phi) is 1.69. The van der Waals surface area contributed by atoms with Gasteiger partial charge in [-0.3, -0.25) is 14.3 Å². The number of fused-ring (bicyclic) bond motifs is 1. The Labute approximate surface area is 88.0 Å². The highest BCUT2D eigenvalue weighted by atomic mass is 32.1. The van der Waals surface area contributed by atoms with Crippen molar-refractivity contribution >= 4 is 16.3 Å². The molecule has 6 heteroatoms. The lowest BCUT2D eigenvalue weighted by Crippen LogP contribution is -2.14. The van der Waals surface area contributed by atoms with Gasteiger partial charge in [-0.1, -0.05) is 0 Å². The molecule has 0 aliphatic carbocycles. The zero-order valence-electron chi connectivity index (χ0n) is 7.54. The number of rotatable bonds is 1. The monoisotopic (exact) mass is 218 g/mol. The van der Waals surface area contributed by atoms with Crippen LogP contribution < -0.4 is 5.56 Å². The van der Waals surface area contributed by atoms with Gasteiger partial charge in [0.25, 0.3) is 5.56 Å². The topological polar surface area (TPSA) is 63.0 Å². The molecule has 3 heterocycles. The van der Waals surface area contributed by atoms with Gasteiger partial charge < -0.3 is 0 Å². The third kappa shape index (κ3) is 1.18. The molecule has 15 heavy (non-hydrogen) atoms. The second-order valence-corrected chi connectivity index (χ2v) is 3.88. The first kappa shape index (κ1) is 8.37. The molecular weight excluding hydrogens is 212 g/mol.